The fraction of sp³-hybridized carbons (Fsp3) is 0.913. The van der Waals surface area contributed by atoms with Gasteiger partial charge in [0.05, 0.1) is 12.7 Å². The van der Waals surface area contributed by atoms with Gasteiger partial charge >= 0.3 is 0 Å². The zero-order chi connectivity index (χ0) is 17.2. The van der Waals surface area contributed by atoms with E-state index in [1.807, 2.05) is 6.08 Å². The van der Waals surface area contributed by atoms with Crippen molar-refractivity contribution in [1.82, 2.24) is 0 Å². The Kier molecular flexibility index (Phi) is 9.46. The number of ether oxygens (including phenoxy) is 1. The molecule has 0 saturated heterocycles. The molecular weight excluding hydrogens is 292 g/mol. The van der Waals surface area contributed by atoms with Crippen LogP contribution in [-0.4, -0.2) is 12.7 Å². The summed E-state index contributed by atoms with van der Waals surface area (Å²) < 4.78 is 5.86. The fourth-order valence-corrected chi connectivity index (χ4v) is 5.25. The lowest BCUT2D eigenvalue weighted by Crippen LogP contribution is -2.30. The van der Waals surface area contributed by atoms with Crippen molar-refractivity contribution in [2.45, 2.75) is 103 Å². The van der Waals surface area contributed by atoms with Gasteiger partial charge in [0.2, 0.25) is 0 Å². The Balaban J connectivity index is 1.61. The maximum Gasteiger partial charge on any atom is 0.0648 e. The maximum absolute atomic E-state index is 5.86. The highest BCUT2D eigenvalue weighted by Gasteiger charge is 2.32. The van der Waals surface area contributed by atoms with E-state index in [0.29, 0.717) is 12.7 Å². The van der Waals surface area contributed by atoms with Gasteiger partial charge in [0.1, 0.15) is 0 Å². The van der Waals surface area contributed by atoms with Crippen molar-refractivity contribution in [2.75, 3.05) is 6.61 Å². The van der Waals surface area contributed by atoms with E-state index in [2.05, 4.69) is 20.4 Å². The minimum absolute atomic E-state index is 0.419. The molecule has 1 nitrogen and oxygen atoms in total. The molecule has 0 N–H and O–H groups in total. The molecule has 140 valence electrons. The van der Waals surface area contributed by atoms with Crippen LogP contribution in [0.25, 0.3) is 0 Å². The lowest BCUT2D eigenvalue weighted by molar-refractivity contribution is 0.0153. The van der Waals surface area contributed by atoms with Gasteiger partial charge in [0.15, 0.2) is 0 Å². The molecule has 0 heterocycles. The summed E-state index contributed by atoms with van der Waals surface area (Å²) in [5, 5.41) is 0. The normalized spacial score (nSPS) is 32.4. The highest BCUT2D eigenvalue weighted by molar-refractivity contribution is 4.84. The van der Waals surface area contributed by atoms with Crippen LogP contribution >= 0.6 is 0 Å². The lowest BCUT2D eigenvalue weighted by atomic mass is 9.68. The molecule has 0 spiro atoms. The topological polar surface area (TPSA) is 9.23 Å². The Morgan fingerprint density at radius 3 is 2.12 bits per heavy atom. The van der Waals surface area contributed by atoms with Gasteiger partial charge < -0.3 is 4.74 Å². The summed E-state index contributed by atoms with van der Waals surface area (Å²) in [6.07, 6.45) is 21.3. The average molecular weight is 335 g/mol. The lowest BCUT2D eigenvalue weighted by Gasteiger charge is -2.39. The monoisotopic (exact) mass is 334 g/mol. The molecule has 0 aromatic heterocycles. The first-order valence-corrected chi connectivity index (χ1v) is 11.0. The predicted octanol–water partition coefficient (Wildman–Crippen LogP) is 7.16. The van der Waals surface area contributed by atoms with E-state index in [0.717, 1.165) is 23.7 Å². The fourth-order valence-electron chi connectivity index (χ4n) is 5.25. The van der Waals surface area contributed by atoms with Gasteiger partial charge in [-0.1, -0.05) is 57.9 Å². The quantitative estimate of drug-likeness (QED) is 0.304. The van der Waals surface area contributed by atoms with E-state index in [-0.39, 0.29) is 0 Å². The molecule has 2 fully saturated rings. The van der Waals surface area contributed by atoms with Crippen LogP contribution in [0.5, 0.6) is 0 Å². The molecule has 2 aliphatic carbocycles. The molecule has 0 amide bonds. The summed E-state index contributed by atoms with van der Waals surface area (Å²) in [6.45, 7) is 9.05. The summed E-state index contributed by atoms with van der Waals surface area (Å²) >= 11 is 0. The molecule has 0 aliphatic heterocycles. The number of rotatable bonds is 10. The molecule has 0 bridgehead atoms. The molecular formula is C23H42O. The first kappa shape index (κ1) is 20.0. The van der Waals surface area contributed by atoms with Crippen molar-refractivity contribution in [1.29, 1.82) is 0 Å². The van der Waals surface area contributed by atoms with Crippen molar-refractivity contribution in [3.05, 3.63) is 12.7 Å². The highest BCUT2D eigenvalue weighted by atomic mass is 16.5. The molecule has 24 heavy (non-hydrogen) atoms. The molecule has 1 heteroatoms. The van der Waals surface area contributed by atoms with Gasteiger partial charge in [-0.2, -0.15) is 0 Å². The van der Waals surface area contributed by atoms with E-state index in [9.17, 15) is 0 Å². The standard InChI is InChI=1S/C23H42O/c1-4-6-7-8-9-20-10-12-22(13-11-20)23-16-14-21(15-17-23)19(3)24-18-5-2/h5,19-23H,2,4,6-18H2,1,3H3. The van der Waals surface area contributed by atoms with Crippen LogP contribution in [0, 0.1) is 23.7 Å². The Hall–Kier alpha value is -0.300. The van der Waals surface area contributed by atoms with Crippen LogP contribution < -0.4 is 0 Å². The number of unbranched alkanes of at least 4 members (excludes halogenated alkanes) is 3. The second-order valence-corrected chi connectivity index (χ2v) is 8.63. The molecule has 2 aliphatic rings. The van der Waals surface area contributed by atoms with Crippen LogP contribution in [0.2, 0.25) is 0 Å². The summed E-state index contributed by atoms with van der Waals surface area (Å²) in [7, 11) is 0. The summed E-state index contributed by atoms with van der Waals surface area (Å²) in [5.41, 5.74) is 0. The SMILES string of the molecule is C=CCOC(C)C1CCC(C2CCC(CCCCCC)CC2)CC1. The predicted molar refractivity (Wildman–Crippen MR) is 105 cm³/mol. The van der Waals surface area contributed by atoms with Gasteiger partial charge in [-0.15, -0.1) is 6.58 Å². The highest BCUT2D eigenvalue weighted by Crippen LogP contribution is 2.43. The molecule has 0 radical (unpaired) electrons. The van der Waals surface area contributed by atoms with E-state index < -0.39 is 0 Å². The van der Waals surface area contributed by atoms with Gasteiger partial charge in [0.25, 0.3) is 0 Å². The number of hydrogen-bond donors (Lipinski definition) is 0. The van der Waals surface area contributed by atoms with Crippen LogP contribution in [0.15, 0.2) is 12.7 Å². The van der Waals surface area contributed by atoms with Crippen molar-refractivity contribution in [3.63, 3.8) is 0 Å². The Morgan fingerprint density at radius 1 is 0.917 bits per heavy atom. The van der Waals surface area contributed by atoms with Crippen LogP contribution in [0.1, 0.15) is 97.3 Å². The third-order valence-corrected chi connectivity index (χ3v) is 6.98. The van der Waals surface area contributed by atoms with Gasteiger partial charge in [-0.3, -0.25) is 0 Å². The zero-order valence-corrected chi connectivity index (χ0v) is 16.5. The molecule has 0 aromatic carbocycles. The van der Waals surface area contributed by atoms with Crippen molar-refractivity contribution < 1.29 is 4.74 Å². The average Bonchev–Trinajstić information content (AvgIpc) is 2.64. The minimum Gasteiger partial charge on any atom is -0.374 e. The van der Waals surface area contributed by atoms with Crippen molar-refractivity contribution >= 4 is 0 Å². The third-order valence-electron chi connectivity index (χ3n) is 6.98. The van der Waals surface area contributed by atoms with Gasteiger partial charge in [0, 0.05) is 0 Å². The van der Waals surface area contributed by atoms with E-state index >= 15 is 0 Å². The van der Waals surface area contributed by atoms with Gasteiger partial charge in [-0.25, -0.2) is 0 Å². The largest absolute Gasteiger partial charge is 0.374 e. The first-order chi connectivity index (χ1) is 11.7. The van der Waals surface area contributed by atoms with Crippen LogP contribution in [0.3, 0.4) is 0 Å². The second-order valence-electron chi connectivity index (χ2n) is 8.63. The first-order valence-electron chi connectivity index (χ1n) is 11.0. The zero-order valence-electron chi connectivity index (χ0n) is 16.5. The molecule has 2 saturated carbocycles. The summed E-state index contributed by atoms with van der Waals surface area (Å²) in [4.78, 5) is 0. The Labute approximate surface area is 151 Å². The molecule has 2 rings (SSSR count). The summed E-state index contributed by atoms with van der Waals surface area (Å²) in [6, 6.07) is 0. The van der Waals surface area contributed by atoms with Crippen molar-refractivity contribution in [2.24, 2.45) is 23.7 Å². The molecule has 1 unspecified atom stereocenters. The third kappa shape index (κ3) is 6.54. The van der Waals surface area contributed by atoms with Gasteiger partial charge in [-0.05, 0) is 69.1 Å². The molecule has 1 atom stereocenters. The van der Waals surface area contributed by atoms with E-state index in [1.54, 1.807) is 0 Å². The summed E-state index contributed by atoms with van der Waals surface area (Å²) in [5.74, 6) is 3.91. The van der Waals surface area contributed by atoms with Crippen LogP contribution in [-0.2, 0) is 4.74 Å². The smallest absolute Gasteiger partial charge is 0.0648 e. The van der Waals surface area contributed by atoms with Crippen molar-refractivity contribution in [3.8, 4) is 0 Å². The maximum atomic E-state index is 5.86. The van der Waals surface area contributed by atoms with Crippen LogP contribution in [0.4, 0.5) is 0 Å². The minimum atomic E-state index is 0.419. The van der Waals surface area contributed by atoms with E-state index in [4.69, 9.17) is 4.74 Å². The Bertz CT molecular complexity index is 321. The molecule has 0 aromatic rings. The Morgan fingerprint density at radius 2 is 1.54 bits per heavy atom. The second kappa shape index (κ2) is 11.3. The number of hydrogen-bond acceptors (Lipinski definition) is 1. The van der Waals surface area contributed by atoms with E-state index in [1.165, 1.54) is 83.5 Å².